The van der Waals surface area contributed by atoms with E-state index < -0.39 is 0 Å². The second kappa shape index (κ2) is 7.18. The van der Waals surface area contributed by atoms with E-state index in [1.807, 2.05) is 18.0 Å². The van der Waals surface area contributed by atoms with Crippen LogP contribution in [0.5, 0.6) is 0 Å². The average molecular weight is 422 g/mol. The van der Waals surface area contributed by atoms with Crippen LogP contribution in [0, 0.1) is 13.8 Å². The predicted octanol–water partition coefficient (Wildman–Crippen LogP) is 2.79. The zero-order valence-corrected chi connectivity index (χ0v) is 18.2. The van der Waals surface area contributed by atoms with E-state index >= 15 is 0 Å². The van der Waals surface area contributed by atoms with Crippen LogP contribution in [-0.4, -0.2) is 50.2 Å². The molecule has 1 saturated carbocycles. The van der Waals surface area contributed by atoms with Gasteiger partial charge >= 0.3 is 0 Å². The fourth-order valence-corrected chi connectivity index (χ4v) is 4.66. The molecule has 1 unspecified atom stereocenters. The first-order valence-electron chi connectivity index (χ1n) is 10.7. The van der Waals surface area contributed by atoms with Crippen molar-refractivity contribution < 1.29 is 14.1 Å². The second-order valence-electron chi connectivity index (χ2n) is 8.51. The van der Waals surface area contributed by atoms with Gasteiger partial charge in [-0.15, -0.1) is 0 Å². The van der Waals surface area contributed by atoms with Crippen LogP contribution in [0.15, 0.2) is 10.6 Å². The van der Waals surface area contributed by atoms with Gasteiger partial charge in [0.2, 0.25) is 0 Å². The van der Waals surface area contributed by atoms with Crippen LogP contribution in [0.4, 0.5) is 0 Å². The zero-order chi connectivity index (χ0) is 21.9. The minimum absolute atomic E-state index is 0.110. The molecule has 3 aromatic heterocycles. The van der Waals surface area contributed by atoms with Gasteiger partial charge < -0.3 is 14.7 Å². The summed E-state index contributed by atoms with van der Waals surface area (Å²) in [5.74, 6) is 0.655. The summed E-state index contributed by atoms with van der Waals surface area (Å²) >= 11 is 0. The molecule has 0 aromatic carbocycles. The highest BCUT2D eigenvalue weighted by Gasteiger charge is 2.37. The SMILES string of the molecule is CNC(=O)c1cc(C2CC2)nc2c1c(C1CCCN1C(=O)c1c(C)noc1C)nn2C. The summed E-state index contributed by atoms with van der Waals surface area (Å²) in [4.78, 5) is 32.9. The van der Waals surface area contributed by atoms with E-state index in [0.29, 0.717) is 40.7 Å². The van der Waals surface area contributed by atoms with E-state index in [2.05, 4.69) is 10.5 Å². The van der Waals surface area contributed by atoms with E-state index in [-0.39, 0.29) is 17.9 Å². The average Bonchev–Trinajstić information content (AvgIpc) is 3.27. The number of hydrogen-bond donors (Lipinski definition) is 1. The van der Waals surface area contributed by atoms with E-state index in [1.54, 1.807) is 25.6 Å². The molecule has 1 saturated heterocycles. The molecule has 31 heavy (non-hydrogen) atoms. The number of nitrogens with one attached hydrogen (secondary N) is 1. The standard InChI is InChI=1S/C22H26N6O3/c1-11-17(12(2)31-26-11)22(30)28-9-5-6-16(28)19-18-14(21(29)23-3)10-15(13-7-8-13)24-20(18)27(4)25-19/h10,13,16H,5-9H2,1-4H3,(H,23,29). The summed E-state index contributed by atoms with van der Waals surface area (Å²) < 4.78 is 6.95. The molecule has 9 heteroatoms. The molecule has 4 heterocycles. The van der Waals surface area contributed by atoms with Crippen molar-refractivity contribution in [3.8, 4) is 0 Å². The first-order chi connectivity index (χ1) is 14.9. The third kappa shape index (κ3) is 3.10. The molecule has 9 nitrogen and oxygen atoms in total. The maximum absolute atomic E-state index is 13.4. The highest BCUT2D eigenvalue weighted by molar-refractivity contribution is 6.07. The van der Waals surface area contributed by atoms with Crippen LogP contribution >= 0.6 is 0 Å². The lowest BCUT2D eigenvalue weighted by Gasteiger charge is -2.24. The number of nitrogens with zero attached hydrogens (tertiary/aromatic N) is 5. The zero-order valence-electron chi connectivity index (χ0n) is 18.2. The highest BCUT2D eigenvalue weighted by Crippen LogP contribution is 2.42. The monoisotopic (exact) mass is 422 g/mol. The van der Waals surface area contributed by atoms with Gasteiger partial charge in [-0.1, -0.05) is 5.16 Å². The number of fused-ring (bicyclic) bond motifs is 1. The Balaban J connectivity index is 1.64. The molecule has 162 valence electrons. The van der Waals surface area contributed by atoms with Crippen molar-refractivity contribution in [3.63, 3.8) is 0 Å². The lowest BCUT2D eigenvalue weighted by atomic mass is 10.0. The van der Waals surface area contributed by atoms with Crippen molar-refractivity contribution in [2.24, 2.45) is 7.05 Å². The van der Waals surface area contributed by atoms with Crippen LogP contribution < -0.4 is 5.32 Å². The summed E-state index contributed by atoms with van der Waals surface area (Å²) in [5.41, 5.74) is 4.02. The molecule has 2 fully saturated rings. The maximum Gasteiger partial charge on any atom is 0.259 e. The van der Waals surface area contributed by atoms with Gasteiger partial charge in [0.1, 0.15) is 11.3 Å². The molecule has 0 spiro atoms. The second-order valence-corrected chi connectivity index (χ2v) is 8.51. The summed E-state index contributed by atoms with van der Waals surface area (Å²) in [6.45, 7) is 4.15. The van der Waals surface area contributed by atoms with Crippen molar-refractivity contribution in [2.45, 2.75) is 51.5 Å². The summed E-state index contributed by atoms with van der Waals surface area (Å²) in [6, 6.07) is 1.67. The number of pyridine rings is 1. The van der Waals surface area contributed by atoms with E-state index in [0.717, 1.165) is 42.5 Å². The predicted molar refractivity (Wildman–Crippen MR) is 113 cm³/mol. The fourth-order valence-electron chi connectivity index (χ4n) is 4.66. The van der Waals surface area contributed by atoms with Gasteiger partial charge in [-0.05, 0) is 45.6 Å². The molecular formula is C22H26N6O3. The lowest BCUT2D eigenvalue weighted by Crippen LogP contribution is -2.31. The first kappa shape index (κ1) is 19.7. The molecule has 1 aliphatic heterocycles. The Labute approximate surface area is 179 Å². The lowest BCUT2D eigenvalue weighted by molar-refractivity contribution is 0.0731. The molecule has 5 rings (SSSR count). The molecule has 1 aliphatic carbocycles. The van der Waals surface area contributed by atoms with Gasteiger partial charge in [0.05, 0.1) is 28.4 Å². The fraction of sp³-hybridized carbons (Fsp3) is 0.500. The molecule has 0 radical (unpaired) electrons. The van der Waals surface area contributed by atoms with Crippen molar-refractivity contribution >= 4 is 22.8 Å². The van der Waals surface area contributed by atoms with Crippen LogP contribution in [0.2, 0.25) is 0 Å². The van der Waals surface area contributed by atoms with E-state index in [4.69, 9.17) is 14.6 Å². The molecular weight excluding hydrogens is 396 g/mol. The van der Waals surface area contributed by atoms with Crippen molar-refractivity contribution in [1.29, 1.82) is 0 Å². The smallest absolute Gasteiger partial charge is 0.259 e. The quantitative estimate of drug-likeness (QED) is 0.693. The number of aryl methyl sites for hydroxylation is 3. The van der Waals surface area contributed by atoms with Crippen LogP contribution in [0.25, 0.3) is 11.0 Å². The number of hydrogen-bond acceptors (Lipinski definition) is 6. The number of amides is 2. The van der Waals surface area contributed by atoms with Gasteiger partial charge in [0.25, 0.3) is 11.8 Å². The van der Waals surface area contributed by atoms with Crippen molar-refractivity contribution in [2.75, 3.05) is 13.6 Å². The number of rotatable bonds is 4. The highest BCUT2D eigenvalue weighted by atomic mass is 16.5. The van der Waals surface area contributed by atoms with Gasteiger partial charge in [-0.25, -0.2) is 4.98 Å². The van der Waals surface area contributed by atoms with E-state index in [9.17, 15) is 9.59 Å². The molecule has 1 N–H and O–H groups in total. The molecule has 2 amide bonds. The number of aromatic nitrogens is 4. The van der Waals surface area contributed by atoms with Gasteiger partial charge in [0, 0.05) is 32.3 Å². The van der Waals surface area contributed by atoms with Crippen LogP contribution in [-0.2, 0) is 7.05 Å². The third-order valence-corrected chi connectivity index (χ3v) is 6.38. The maximum atomic E-state index is 13.4. The molecule has 0 bridgehead atoms. The largest absolute Gasteiger partial charge is 0.361 e. The number of carbonyl (C=O) groups is 2. The summed E-state index contributed by atoms with van der Waals surface area (Å²) in [7, 11) is 3.48. The van der Waals surface area contributed by atoms with Crippen molar-refractivity contribution in [3.05, 3.63) is 40.0 Å². The topological polar surface area (TPSA) is 106 Å². The van der Waals surface area contributed by atoms with Gasteiger partial charge in [-0.3, -0.25) is 14.3 Å². The number of carbonyl (C=O) groups excluding carboxylic acids is 2. The Morgan fingerprint density at radius 1 is 1.23 bits per heavy atom. The third-order valence-electron chi connectivity index (χ3n) is 6.38. The summed E-state index contributed by atoms with van der Waals surface area (Å²) in [5, 5.41) is 12.2. The van der Waals surface area contributed by atoms with Gasteiger partial charge in [0.15, 0.2) is 5.65 Å². The van der Waals surface area contributed by atoms with Crippen molar-refractivity contribution in [1.82, 2.24) is 30.1 Å². The van der Waals surface area contributed by atoms with Crippen LogP contribution in [0.3, 0.4) is 0 Å². The Bertz CT molecular complexity index is 1190. The first-order valence-corrected chi connectivity index (χ1v) is 10.7. The van der Waals surface area contributed by atoms with Gasteiger partial charge in [-0.2, -0.15) is 5.10 Å². The minimum atomic E-state index is -0.234. The molecule has 1 atom stereocenters. The Kier molecular flexibility index (Phi) is 4.56. The molecule has 3 aromatic rings. The number of likely N-dealkylation sites (tertiary alicyclic amines) is 1. The van der Waals surface area contributed by atoms with Crippen LogP contribution in [0.1, 0.15) is 81.2 Å². The molecule has 2 aliphatic rings. The Morgan fingerprint density at radius 2 is 2.00 bits per heavy atom. The Hall–Kier alpha value is -3.23. The normalized spacial score (nSPS) is 18.7. The Morgan fingerprint density at radius 3 is 2.65 bits per heavy atom. The van der Waals surface area contributed by atoms with E-state index in [1.165, 1.54) is 0 Å². The minimum Gasteiger partial charge on any atom is -0.361 e. The summed E-state index contributed by atoms with van der Waals surface area (Å²) in [6.07, 6.45) is 3.83.